The molecule has 7 heteroatoms. The smallest absolute Gasteiger partial charge is 0.276 e. The molecule has 0 saturated heterocycles. The lowest BCUT2D eigenvalue weighted by Crippen LogP contribution is -2.16. The predicted molar refractivity (Wildman–Crippen MR) is 65.8 cm³/mol. The molecular formula is C11H8ClFN4O. The van der Waals surface area contributed by atoms with Gasteiger partial charge in [-0.05, 0) is 12.1 Å². The first-order chi connectivity index (χ1) is 8.58. The summed E-state index contributed by atoms with van der Waals surface area (Å²) in [4.78, 5) is 19.3. The average Bonchev–Trinajstić information content (AvgIpc) is 2.34. The molecule has 3 N–H and O–H groups in total. The molecule has 0 aliphatic heterocycles. The molecule has 0 fully saturated rings. The molecule has 1 amide bonds. The van der Waals surface area contributed by atoms with Gasteiger partial charge in [-0.3, -0.25) is 9.78 Å². The van der Waals surface area contributed by atoms with E-state index in [4.69, 9.17) is 17.3 Å². The van der Waals surface area contributed by atoms with Crippen LogP contribution in [0.1, 0.15) is 10.5 Å². The van der Waals surface area contributed by atoms with Crippen LogP contribution < -0.4 is 11.1 Å². The van der Waals surface area contributed by atoms with Crippen molar-refractivity contribution in [3.05, 3.63) is 47.1 Å². The number of halogens is 2. The average molecular weight is 267 g/mol. The summed E-state index contributed by atoms with van der Waals surface area (Å²) in [5, 5.41) is 2.42. The van der Waals surface area contributed by atoms with Gasteiger partial charge in [0.25, 0.3) is 5.91 Å². The van der Waals surface area contributed by atoms with E-state index in [1.807, 2.05) is 0 Å². The van der Waals surface area contributed by atoms with Crippen LogP contribution in [0, 0.1) is 5.82 Å². The van der Waals surface area contributed by atoms with E-state index in [2.05, 4.69) is 15.3 Å². The maximum absolute atomic E-state index is 13.4. The minimum absolute atomic E-state index is 0.0191. The maximum Gasteiger partial charge on any atom is 0.276 e. The van der Waals surface area contributed by atoms with E-state index >= 15 is 0 Å². The highest BCUT2D eigenvalue weighted by Crippen LogP contribution is 2.24. The third kappa shape index (κ3) is 2.54. The van der Waals surface area contributed by atoms with Crippen LogP contribution in [0.4, 0.5) is 15.9 Å². The van der Waals surface area contributed by atoms with Gasteiger partial charge in [0.05, 0.1) is 23.1 Å². The Hall–Kier alpha value is -2.21. The number of nitrogens with two attached hydrogens (primary N) is 1. The van der Waals surface area contributed by atoms with Gasteiger partial charge >= 0.3 is 0 Å². The lowest BCUT2D eigenvalue weighted by Gasteiger charge is -2.07. The Morgan fingerprint density at radius 3 is 2.83 bits per heavy atom. The van der Waals surface area contributed by atoms with E-state index in [1.165, 1.54) is 30.6 Å². The summed E-state index contributed by atoms with van der Waals surface area (Å²) in [5.74, 6) is -1.17. The van der Waals surface area contributed by atoms with Crippen LogP contribution in [0.3, 0.4) is 0 Å². The summed E-state index contributed by atoms with van der Waals surface area (Å²) in [6.07, 6.45) is 2.52. The molecule has 5 nitrogen and oxygen atoms in total. The minimum atomic E-state index is -0.637. The molecule has 2 rings (SSSR count). The molecule has 1 aromatic heterocycles. The fourth-order valence-electron chi connectivity index (χ4n) is 1.29. The van der Waals surface area contributed by atoms with Crippen LogP contribution >= 0.6 is 11.6 Å². The zero-order valence-electron chi connectivity index (χ0n) is 9.02. The highest BCUT2D eigenvalue weighted by molar-refractivity contribution is 6.33. The number of hydrogen-bond acceptors (Lipinski definition) is 4. The third-order valence-corrected chi connectivity index (χ3v) is 2.40. The molecule has 0 aliphatic rings. The van der Waals surface area contributed by atoms with Crippen LogP contribution in [0.5, 0.6) is 0 Å². The summed E-state index contributed by atoms with van der Waals surface area (Å²) in [5.41, 5.74) is 5.27. The number of hydrogen-bond donors (Lipinski definition) is 2. The first-order valence-corrected chi connectivity index (χ1v) is 5.28. The van der Waals surface area contributed by atoms with E-state index in [0.29, 0.717) is 0 Å². The van der Waals surface area contributed by atoms with Crippen LogP contribution in [0.25, 0.3) is 0 Å². The Morgan fingerprint density at radius 2 is 2.17 bits per heavy atom. The molecular weight excluding hydrogens is 259 g/mol. The number of anilines is 2. The van der Waals surface area contributed by atoms with Crippen LogP contribution in [-0.2, 0) is 0 Å². The summed E-state index contributed by atoms with van der Waals surface area (Å²) in [6, 6.07) is 4.09. The van der Waals surface area contributed by atoms with E-state index < -0.39 is 11.7 Å². The number of carbonyl (C=O) groups is 1. The van der Waals surface area contributed by atoms with Crippen LogP contribution in [-0.4, -0.2) is 15.9 Å². The molecule has 2 aromatic rings. The topological polar surface area (TPSA) is 80.9 Å². The zero-order chi connectivity index (χ0) is 13.1. The van der Waals surface area contributed by atoms with E-state index in [9.17, 15) is 9.18 Å². The van der Waals surface area contributed by atoms with Crippen molar-refractivity contribution in [2.75, 3.05) is 11.1 Å². The Kier molecular flexibility index (Phi) is 3.38. The summed E-state index contributed by atoms with van der Waals surface area (Å²) < 4.78 is 13.4. The summed E-state index contributed by atoms with van der Waals surface area (Å²) >= 11 is 5.78. The predicted octanol–water partition coefficient (Wildman–Crippen LogP) is 2.10. The quantitative estimate of drug-likeness (QED) is 0.872. The van der Waals surface area contributed by atoms with Gasteiger partial charge in [0.15, 0.2) is 0 Å². The van der Waals surface area contributed by atoms with Crippen molar-refractivity contribution in [1.29, 1.82) is 0 Å². The fraction of sp³-hybridized carbons (Fsp3) is 0. The molecule has 0 saturated carbocycles. The Balaban J connectivity index is 2.27. The van der Waals surface area contributed by atoms with Gasteiger partial charge in [0.1, 0.15) is 17.3 Å². The number of carbonyl (C=O) groups excluding carboxylic acids is 1. The molecule has 18 heavy (non-hydrogen) atoms. The lowest BCUT2D eigenvalue weighted by molar-refractivity contribution is 0.102. The molecule has 0 aliphatic carbocycles. The standard InChI is InChI=1S/C11H8ClFN4O/c12-6-2-1-3-7(13)10(6)17-11(18)8-4-15-5-9(14)16-8/h1-5H,(H2,14,16)(H,17,18). The molecule has 1 aromatic carbocycles. The first-order valence-electron chi connectivity index (χ1n) is 4.91. The van der Waals surface area contributed by atoms with Crippen LogP contribution in [0.15, 0.2) is 30.6 Å². The normalized spacial score (nSPS) is 10.1. The highest BCUT2D eigenvalue weighted by atomic mass is 35.5. The van der Waals surface area contributed by atoms with Crippen molar-refractivity contribution in [2.45, 2.75) is 0 Å². The number of amides is 1. The van der Waals surface area contributed by atoms with Gasteiger partial charge in [0.2, 0.25) is 0 Å². The van der Waals surface area contributed by atoms with E-state index in [0.717, 1.165) is 0 Å². The molecule has 0 atom stereocenters. The third-order valence-electron chi connectivity index (χ3n) is 2.09. The van der Waals surface area contributed by atoms with Crippen molar-refractivity contribution in [3.63, 3.8) is 0 Å². The van der Waals surface area contributed by atoms with Crippen molar-refractivity contribution < 1.29 is 9.18 Å². The second-order valence-electron chi connectivity index (χ2n) is 3.38. The lowest BCUT2D eigenvalue weighted by atomic mass is 10.3. The number of rotatable bonds is 2. The molecule has 92 valence electrons. The number of benzene rings is 1. The Morgan fingerprint density at radius 1 is 1.39 bits per heavy atom. The number of nitrogen functional groups attached to an aromatic ring is 1. The van der Waals surface area contributed by atoms with E-state index in [1.54, 1.807) is 0 Å². The first kappa shape index (κ1) is 12.3. The molecule has 0 spiro atoms. The number of nitrogens with one attached hydrogen (secondary N) is 1. The van der Waals surface area contributed by atoms with Crippen molar-refractivity contribution in [3.8, 4) is 0 Å². The molecule has 0 bridgehead atoms. The Labute approximate surface area is 107 Å². The number of nitrogens with zero attached hydrogens (tertiary/aromatic N) is 2. The maximum atomic E-state index is 13.4. The zero-order valence-corrected chi connectivity index (χ0v) is 9.78. The summed E-state index contributed by atoms with van der Waals surface area (Å²) in [7, 11) is 0. The van der Waals surface area contributed by atoms with Crippen LogP contribution in [0.2, 0.25) is 5.02 Å². The van der Waals surface area contributed by atoms with Gasteiger partial charge in [0, 0.05) is 0 Å². The monoisotopic (exact) mass is 266 g/mol. The number of aromatic nitrogens is 2. The van der Waals surface area contributed by atoms with Gasteiger partial charge in [-0.15, -0.1) is 0 Å². The molecule has 0 radical (unpaired) electrons. The molecule has 1 heterocycles. The highest BCUT2D eigenvalue weighted by Gasteiger charge is 2.13. The Bertz CT molecular complexity index is 585. The fourth-order valence-corrected chi connectivity index (χ4v) is 1.50. The second-order valence-corrected chi connectivity index (χ2v) is 3.79. The van der Waals surface area contributed by atoms with Crippen molar-refractivity contribution in [2.24, 2.45) is 0 Å². The van der Waals surface area contributed by atoms with Gasteiger partial charge in [-0.25, -0.2) is 9.37 Å². The van der Waals surface area contributed by atoms with Gasteiger partial charge in [-0.2, -0.15) is 0 Å². The second kappa shape index (κ2) is 4.97. The SMILES string of the molecule is Nc1cncc(C(=O)Nc2c(F)cccc2Cl)n1. The minimum Gasteiger partial charge on any atom is -0.382 e. The summed E-state index contributed by atoms with van der Waals surface area (Å²) in [6.45, 7) is 0. The van der Waals surface area contributed by atoms with Gasteiger partial charge in [-0.1, -0.05) is 17.7 Å². The van der Waals surface area contributed by atoms with Gasteiger partial charge < -0.3 is 11.1 Å². The molecule has 0 unspecified atom stereocenters. The largest absolute Gasteiger partial charge is 0.382 e. The van der Waals surface area contributed by atoms with Crippen molar-refractivity contribution in [1.82, 2.24) is 9.97 Å². The number of para-hydroxylation sites is 1. The van der Waals surface area contributed by atoms with Crippen molar-refractivity contribution >= 4 is 29.0 Å². The van der Waals surface area contributed by atoms with E-state index in [-0.39, 0.29) is 22.2 Å².